The van der Waals surface area contributed by atoms with Gasteiger partial charge in [-0.15, -0.1) is 0 Å². The van der Waals surface area contributed by atoms with Gasteiger partial charge in [0.1, 0.15) is 18.7 Å². The molecule has 0 amide bonds. The highest BCUT2D eigenvalue weighted by molar-refractivity contribution is 6.33. The van der Waals surface area contributed by atoms with E-state index in [-0.39, 0.29) is 6.10 Å². The maximum Gasteiger partial charge on any atom is 0.137 e. The fourth-order valence-electron chi connectivity index (χ4n) is 2.50. The van der Waals surface area contributed by atoms with E-state index in [0.717, 1.165) is 5.69 Å². The molecule has 2 aromatic rings. The number of halogens is 1. The van der Waals surface area contributed by atoms with Gasteiger partial charge in [-0.1, -0.05) is 17.7 Å². The molecule has 1 fully saturated rings. The van der Waals surface area contributed by atoms with Gasteiger partial charge in [0.15, 0.2) is 0 Å². The summed E-state index contributed by atoms with van der Waals surface area (Å²) < 4.78 is 7.50. The number of hydrogen-bond acceptors (Lipinski definition) is 5. The normalized spacial score (nSPS) is 18.5. The molecule has 7 heteroatoms. The van der Waals surface area contributed by atoms with E-state index in [1.54, 1.807) is 29.2 Å². The van der Waals surface area contributed by atoms with Gasteiger partial charge in [-0.3, -0.25) is 4.68 Å². The van der Waals surface area contributed by atoms with Crippen molar-refractivity contribution in [1.82, 2.24) is 14.8 Å². The lowest BCUT2D eigenvalue weighted by atomic mass is 10.1. The van der Waals surface area contributed by atoms with E-state index in [1.165, 1.54) is 6.33 Å². The molecule has 0 N–H and O–H groups in total. The molecule has 0 saturated carbocycles. The van der Waals surface area contributed by atoms with Crippen molar-refractivity contribution in [2.24, 2.45) is 0 Å². The smallest absolute Gasteiger partial charge is 0.137 e. The SMILES string of the molecule is N#Cc1cccc(Cl)c1N1CCOC(Cn2cncn2)C1. The molecule has 1 aliphatic heterocycles. The molecular formula is C14H14ClN5O. The number of para-hydroxylation sites is 1. The lowest BCUT2D eigenvalue weighted by Crippen LogP contribution is -2.44. The van der Waals surface area contributed by atoms with Crippen LogP contribution < -0.4 is 4.90 Å². The zero-order valence-electron chi connectivity index (χ0n) is 11.3. The minimum Gasteiger partial charge on any atom is -0.373 e. The van der Waals surface area contributed by atoms with Crippen LogP contribution >= 0.6 is 11.6 Å². The molecule has 3 rings (SSSR count). The Labute approximate surface area is 127 Å². The van der Waals surface area contributed by atoms with Crippen molar-refractivity contribution in [1.29, 1.82) is 5.26 Å². The zero-order chi connectivity index (χ0) is 14.7. The number of nitriles is 1. The molecule has 6 nitrogen and oxygen atoms in total. The first-order chi connectivity index (χ1) is 10.3. The summed E-state index contributed by atoms with van der Waals surface area (Å²) in [6, 6.07) is 7.58. The van der Waals surface area contributed by atoms with Gasteiger partial charge < -0.3 is 9.64 Å². The molecule has 0 bridgehead atoms. The van der Waals surface area contributed by atoms with E-state index in [4.69, 9.17) is 16.3 Å². The maximum atomic E-state index is 9.26. The highest BCUT2D eigenvalue weighted by Gasteiger charge is 2.24. The predicted octanol–water partition coefficient (Wildman–Crippen LogP) is 1.71. The fraction of sp³-hybridized carbons (Fsp3) is 0.357. The number of benzene rings is 1. The number of ether oxygens (including phenoxy) is 1. The van der Waals surface area contributed by atoms with Crippen molar-refractivity contribution in [3.05, 3.63) is 41.4 Å². The molecule has 1 saturated heterocycles. The quantitative estimate of drug-likeness (QED) is 0.863. The Morgan fingerprint density at radius 3 is 3.14 bits per heavy atom. The average Bonchev–Trinajstić information content (AvgIpc) is 3.00. The summed E-state index contributed by atoms with van der Waals surface area (Å²) in [5.41, 5.74) is 1.37. The third kappa shape index (κ3) is 2.99. The highest BCUT2D eigenvalue weighted by atomic mass is 35.5. The van der Waals surface area contributed by atoms with Gasteiger partial charge in [0.2, 0.25) is 0 Å². The minimum atomic E-state index is -0.0109. The summed E-state index contributed by atoms with van der Waals surface area (Å²) in [6.45, 7) is 2.60. The van der Waals surface area contributed by atoms with Crippen LogP contribution in [-0.4, -0.2) is 40.6 Å². The third-order valence-electron chi connectivity index (χ3n) is 3.42. The van der Waals surface area contributed by atoms with E-state index >= 15 is 0 Å². The minimum absolute atomic E-state index is 0.0109. The predicted molar refractivity (Wildman–Crippen MR) is 78.1 cm³/mol. The number of hydrogen-bond donors (Lipinski definition) is 0. The fourth-order valence-corrected chi connectivity index (χ4v) is 2.79. The van der Waals surface area contributed by atoms with Crippen molar-refractivity contribution >= 4 is 17.3 Å². The number of rotatable bonds is 3. The molecule has 1 aliphatic rings. The van der Waals surface area contributed by atoms with Crippen molar-refractivity contribution < 1.29 is 4.74 Å². The van der Waals surface area contributed by atoms with E-state index in [9.17, 15) is 5.26 Å². The largest absolute Gasteiger partial charge is 0.373 e. The average molecular weight is 304 g/mol. The Morgan fingerprint density at radius 2 is 2.38 bits per heavy atom. The van der Waals surface area contributed by atoms with Crippen molar-refractivity contribution in [3.63, 3.8) is 0 Å². The Morgan fingerprint density at radius 1 is 1.48 bits per heavy atom. The van der Waals surface area contributed by atoms with Crippen molar-refractivity contribution in [2.45, 2.75) is 12.6 Å². The van der Waals surface area contributed by atoms with Crippen LogP contribution in [0.15, 0.2) is 30.9 Å². The number of morpholine rings is 1. The molecular weight excluding hydrogens is 290 g/mol. The van der Waals surface area contributed by atoms with E-state index in [2.05, 4.69) is 21.1 Å². The van der Waals surface area contributed by atoms with E-state index in [1.807, 2.05) is 0 Å². The van der Waals surface area contributed by atoms with Crippen LogP contribution in [0, 0.1) is 11.3 Å². The van der Waals surface area contributed by atoms with Crippen LogP contribution in [0.5, 0.6) is 0 Å². The zero-order valence-corrected chi connectivity index (χ0v) is 12.1. The Kier molecular flexibility index (Phi) is 4.04. The Bertz CT molecular complexity index is 652. The van der Waals surface area contributed by atoms with E-state index < -0.39 is 0 Å². The summed E-state index contributed by atoms with van der Waals surface area (Å²) in [5.74, 6) is 0. The maximum absolute atomic E-state index is 9.26. The summed E-state index contributed by atoms with van der Waals surface area (Å²) >= 11 is 6.27. The molecule has 2 heterocycles. The molecule has 108 valence electrons. The summed E-state index contributed by atoms with van der Waals surface area (Å²) in [5, 5.41) is 13.9. The molecule has 0 aliphatic carbocycles. The van der Waals surface area contributed by atoms with Gasteiger partial charge in [0.05, 0.1) is 35.5 Å². The van der Waals surface area contributed by atoms with Gasteiger partial charge in [0.25, 0.3) is 0 Å². The molecule has 1 unspecified atom stereocenters. The van der Waals surface area contributed by atoms with Gasteiger partial charge in [-0.2, -0.15) is 10.4 Å². The lowest BCUT2D eigenvalue weighted by Gasteiger charge is -2.35. The molecule has 21 heavy (non-hydrogen) atoms. The van der Waals surface area contributed by atoms with Crippen LogP contribution in [0.1, 0.15) is 5.56 Å². The van der Waals surface area contributed by atoms with Crippen LogP contribution in [-0.2, 0) is 11.3 Å². The van der Waals surface area contributed by atoms with Crippen LogP contribution in [0.25, 0.3) is 0 Å². The Hall–Kier alpha value is -2.10. The van der Waals surface area contributed by atoms with Gasteiger partial charge in [0, 0.05) is 13.1 Å². The second kappa shape index (κ2) is 6.12. The number of nitrogens with zero attached hydrogens (tertiary/aromatic N) is 5. The summed E-state index contributed by atoms with van der Waals surface area (Å²) in [4.78, 5) is 6.03. The summed E-state index contributed by atoms with van der Waals surface area (Å²) in [6.07, 6.45) is 3.16. The second-order valence-corrected chi connectivity index (χ2v) is 5.21. The Balaban J connectivity index is 1.79. The third-order valence-corrected chi connectivity index (χ3v) is 3.72. The first-order valence-corrected chi connectivity index (χ1v) is 7.03. The first kappa shape index (κ1) is 13.9. The molecule has 1 aromatic carbocycles. The first-order valence-electron chi connectivity index (χ1n) is 6.65. The number of anilines is 1. The van der Waals surface area contributed by atoms with Crippen molar-refractivity contribution in [2.75, 3.05) is 24.6 Å². The van der Waals surface area contributed by atoms with Gasteiger partial charge in [-0.25, -0.2) is 4.98 Å². The number of aromatic nitrogens is 3. The standard InChI is InChI=1S/C14H14ClN5O/c15-13-3-1-2-11(6-16)14(13)19-4-5-21-12(7-19)8-20-10-17-9-18-20/h1-3,9-10,12H,4-5,7-8H2. The lowest BCUT2D eigenvalue weighted by molar-refractivity contribution is 0.0273. The summed E-state index contributed by atoms with van der Waals surface area (Å²) in [7, 11) is 0. The highest BCUT2D eigenvalue weighted by Crippen LogP contribution is 2.30. The van der Waals surface area contributed by atoms with Crippen LogP contribution in [0.4, 0.5) is 5.69 Å². The van der Waals surface area contributed by atoms with Crippen LogP contribution in [0.3, 0.4) is 0 Å². The topological polar surface area (TPSA) is 67.0 Å². The van der Waals surface area contributed by atoms with Gasteiger partial charge in [-0.05, 0) is 12.1 Å². The van der Waals surface area contributed by atoms with E-state index in [0.29, 0.717) is 36.8 Å². The molecule has 1 atom stereocenters. The molecule has 1 aromatic heterocycles. The van der Waals surface area contributed by atoms with Gasteiger partial charge >= 0.3 is 0 Å². The van der Waals surface area contributed by atoms with Crippen molar-refractivity contribution in [3.8, 4) is 6.07 Å². The molecule has 0 radical (unpaired) electrons. The molecule has 0 spiro atoms. The monoisotopic (exact) mass is 303 g/mol. The van der Waals surface area contributed by atoms with Crippen LogP contribution in [0.2, 0.25) is 5.02 Å². The second-order valence-electron chi connectivity index (χ2n) is 4.80.